The number of hydrogen-bond donors (Lipinski definition) is 2. The molecule has 1 amide bonds. The van der Waals surface area contributed by atoms with Crippen LogP contribution in [0.5, 0.6) is 0 Å². The first-order valence-electron chi connectivity index (χ1n) is 4.80. The van der Waals surface area contributed by atoms with Crippen molar-refractivity contribution in [1.29, 1.82) is 0 Å². The zero-order valence-electron chi connectivity index (χ0n) is 8.46. The minimum absolute atomic E-state index is 0.102. The smallest absolute Gasteiger partial charge is 0.408 e. The molecule has 2 N–H and O–H groups in total. The fraction of sp³-hybridized carbons (Fsp3) is 0.444. The monoisotopic (exact) mass is 225 g/mol. The van der Waals surface area contributed by atoms with Gasteiger partial charge in [0.2, 0.25) is 0 Å². The van der Waals surface area contributed by atoms with Gasteiger partial charge in [0, 0.05) is 0 Å². The Balaban J connectivity index is 2.34. The summed E-state index contributed by atoms with van der Waals surface area (Å²) in [6.07, 6.45) is 0.294. The van der Waals surface area contributed by atoms with Crippen LogP contribution >= 0.6 is 0 Å². The number of hydrogen-bond acceptors (Lipinski definition) is 4. The van der Waals surface area contributed by atoms with E-state index < -0.39 is 6.09 Å². The zero-order valence-corrected chi connectivity index (χ0v) is 8.46. The molecular weight excluding hydrogens is 214 g/mol. The van der Waals surface area contributed by atoms with E-state index in [1.165, 1.54) is 10.9 Å². The van der Waals surface area contributed by atoms with Crippen LogP contribution in [0.3, 0.4) is 0 Å². The number of ketones is 1. The van der Waals surface area contributed by atoms with Crippen LogP contribution in [0.2, 0.25) is 0 Å². The Morgan fingerprint density at radius 1 is 1.50 bits per heavy atom. The number of aromatic nitrogens is 2. The fourth-order valence-electron chi connectivity index (χ4n) is 1.73. The van der Waals surface area contributed by atoms with Crippen LogP contribution in [0.25, 0.3) is 0 Å². The standard InChI is InChI=1S/C9H11N3O4/c13-2-1-12-7-4-11(9(15)16)5-8(14)6(7)3-10-12/h3,13H,1-2,4-5H2,(H,15,16). The SMILES string of the molecule is O=C1CN(C(=O)O)Cc2c1cnn2CCO. The third-order valence-electron chi connectivity index (χ3n) is 2.51. The number of nitrogens with zero attached hydrogens (tertiary/aromatic N) is 3. The highest BCUT2D eigenvalue weighted by Crippen LogP contribution is 2.18. The maximum atomic E-state index is 11.6. The van der Waals surface area contributed by atoms with Crippen LogP contribution in [0.15, 0.2) is 6.20 Å². The molecule has 0 aromatic carbocycles. The Labute approximate surface area is 90.9 Å². The largest absolute Gasteiger partial charge is 0.465 e. The van der Waals surface area contributed by atoms with Gasteiger partial charge >= 0.3 is 6.09 Å². The summed E-state index contributed by atoms with van der Waals surface area (Å²) in [6, 6.07) is 0. The zero-order chi connectivity index (χ0) is 11.7. The molecule has 1 aromatic rings. The third kappa shape index (κ3) is 1.65. The Morgan fingerprint density at radius 3 is 2.88 bits per heavy atom. The predicted molar refractivity (Wildman–Crippen MR) is 52.1 cm³/mol. The second-order valence-electron chi connectivity index (χ2n) is 3.51. The van der Waals surface area contributed by atoms with Gasteiger partial charge in [0.1, 0.15) is 0 Å². The number of carboxylic acid groups (broad SMARTS) is 1. The second-order valence-corrected chi connectivity index (χ2v) is 3.51. The second kappa shape index (κ2) is 3.93. The molecule has 2 heterocycles. The van der Waals surface area contributed by atoms with Gasteiger partial charge in [0.15, 0.2) is 5.78 Å². The van der Waals surface area contributed by atoms with Crippen LogP contribution in [-0.2, 0) is 13.1 Å². The van der Waals surface area contributed by atoms with Gasteiger partial charge in [-0.15, -0.1) is 0 Å². The van der Waals surface area contributed by atoms with Gasteiger partial charge in [0.25, 0.3) is 0 Å². The van der Waals surface area contributed by atoms with Crippen molar-refractivity contribution >= 4 is 11.9 Å². The van der Waals surface area contributed by atoms with Crippen LogP contribution in [0.1, 0.15) is 16.1 Å². The molecule has 7 nitrogen and oxygen atoms in total. The summed E-state index contributed by atoms with van der Waals surface area (Å²) in [5.74, 6) is -0.257. The molecule has 16 heavy (non-hydrogen) atoms. The molecule has 0 radical (unpaired) electrons. The van der Waals surface area contributed by atoms with Crippen LogP contribution in [-0.4, -0.2) is 49.9 Å². The van der Waals surface area contributed by atoms with Crippen molar-refractivity contribution in [3.63, 3.8) is 0 Å². The van der Waals surface area contributed by atoms with Gasteiger partial charge in [-0.3, -0.25) is 14.4 Å². The molecule has 0 fully saturated rings. The Morgan fingerprint density at radius 2 is 2.25 bits per heavy atom. The molecule has 1 aliphatic rings. The summed E-state index contributed by atoms with van der Waals surface area (Å²) in [6.45, 7) is 0.162. The van der Waals surface area contributed by atoms with Crippen molar-refractivity contribution in [2.75, 3.05) is 13.2 Å². The minimum Gasteiger partial charge on any atom is -0.465 e. The number of Topliss-reactive ketones (excluding diaryl/α,β-unsaturated/α-hetero) is 1. The number of fused-ring (bicyclic) bond motifs is 1. The van der Waals surface area contributed by atoms with Crippen LogP contribution in [0, 0.1) is 0 Å². The van der Waals surface area contributed by atoms with Gasteiger partial charge < -0.3 is 10.2 Å². The van der Waals surface area contributed by atoms with Crippen molar-refractivity contribution < 1.29 is 19.8 Å². The quantitative estimate of drug-likeness (QED) is 0.710. The van der Waals surface area contributed by atoms with E-state index in [1.807, 2.05) is 0 Å². The summed E-state index contributed by atoms with van der Waals surface area (Å²) < 4.78 is 1.46. The molecule has 0 spiro atoms. The molecule has 0 bridgehead atoms. The highest BCUT2D eigenvalue weighted by atomic mass is 16.4. The maximum absolute atomic E-state index is 11.6. The average molecular weight is 225 g/mol. The fourth-order valence-corrected chi connectivity index (χ4v) is 1.73. The molecule has 0 unspecified atom stereocenters. The highest BCUT2D eigenvalue weighted by molar-refractivity contribution is 6.00. The van der Waals surface area contributed by atoms with E-state index >= 15 is 0 Å². The molecule has 0 saturated heterocycles. The Hall–Kier alpha value is -1.89. The van der Waals surface area contributed by atoms with Crippen molar-refractivity contribution in [3.8, 4) is 0 Å². The van der Waals surface area contributed by atoms with Gasteiger partial charge in [0.05, 0.1) is 43.7 Å². The molecule has 2 rings (SSSR count). The van der Waals surface area contributed by atoms with Gasteiger partial charge in [-0.25, -0.2) is 4.79 Å². The molecule has 1 aromatic heterocycles. The first-order valence-corrected chi connectivity index (χ1v) is 4.80. The predicted octanol–water partition coefficient (Wildman–Crippen LogP) is -0.448. The lowest BCUT2D eigenvalue weighted by atomic mass is 10.1. The van der Waals surface area contributed by atoms with E-state index in [0.29, 0.717) is 11.3 Å². The van der Waals surface area contributed by atoms with Crippen molar-refractivity contribution in [3.05, 3.63) is 17.5 Å². The summed E-state index contributed by atoms with van der Waals surface area (Å²) in [5, 5.41) is 21.6. The molecule has 0 aliphatic carbocycles. The van der Waals surface area contributed by atoms with Crippen molar-refractivity contribution in [1.82, 2.24) is 14.7 Å². The van der Waals surface area contributed by atoms with E-state index in [1.54, 1.807) is 0 Å². The molecule has 86 valence electrons. The van der Waals surface area contributed by atoms with E-state index in [9.17, 15) is 9.59 Å². The minimum atomic E-state index is -1.13. The maximum Gasteiger partial charge on any atom is 0.408 e. The number of aliphatic hydroxyl groups excluding tert-OH is 1. The normalized spacial score (nSPS) is 15.1. The number of amides is 1. The first-order chi connectivity index (χ1) is 7.63. The Kier molecular flexibility index (Phi) is 2.61. The number of carbonyl (C=O) groups is 2. The topological polar surface area (TPSA) is 95.7 Å². The molecule has 1 aliphatic heterocycles. The van der Waals surface area contributed by atoms with Gasteiger partial charge in [-0.05, 0) is 0 Å². The summed E-state index contributed by atoms with van der Waals surface area (Å²) in [4.78, 5) is 23.4. The van der Waals surface area contributed by atoms with Crippen LogP contribution in [0.4, 0.5) is 4.79 Å². The van der Waals surface area contributed by atoms with Crippen molar-refractivity contribution in [2.45, 2.75) is 13.1 Å². The molecule has 7 heteroatoms. The van der Waals surface area contributed by atoms with E-state index in [4.69, 9.17) is 10.2 Å². The third-order valence-corrected chi connectivity index (χ3v) is 2.51. The summed E-state index contributed by atoms with van der Waals surface area (Å²) in [7, 11) is 0. The van der Waals surface area contributed by atoms with Gasteiger partial charge in [-0.1, -0.05) is 0 Å². The van der Waals surface area contributed by atoms with E-state index in [-0.39, 0.29) is 32.0 Å². The molecule has 0 atom stereocenters. The van der Waals surface area contributed by atoms with E-state index in [0.717, 1.165) is 4.90 Å². The number of rotatable bonds is 2. The summed E-state index contributed by atoms with van der Waals surface area (Å²) in [5.41, 5.74) is 0.999. The molecule has 0 saturated carbocycles. The van der Waals surface area contributed by atoms with Gasteiger partial charge in [-0.2, -0.15) is 5.10 Å². The lowest BCUT2D eigenvalue weighted by Gasteiger charge is -2.23. The van der Waals surface area contributed by atoms with Crippen molar-refractivity contribution in [2.24, 2.45) is 0 Å². The lowest BCUT2D eigenvalue weighted by molar-refractivity contribution is 0.0869. The number of carbonyl (C=O) groups excluding carboxylic acids is 1. The highest BCUT2D eigenvalue weighted by Gasteiger charge is 2.29. The Bertz CT molecular complexity index is 440. The first kappa shape index (κ1) is 10.6. The summed E-state index contributed by atoms with van der Waals surface area (Å²) >= 11 is 0. The van der Waals surface area contributed by atoms with E-state index in [2.05, 4.69) is 5.10 Å². The lowest BCUT2D eigenvalue weighted by Crippen LogP contribution is -2.39. The molecular formula is C9H11N3O4. The van der Waals surface area contributed by atoms with Crippen LogP contribution < -0.4 is 0 Å². The number of aliphatic hydroxyl groups is 1. The average Bonchev–Trinajstić information content (AvgIpc) is 2.63.